The number of nitrogens with one attached hydrogen (secondary N) is 1. The van der Waals surface area contributed by atoms with Gasteiger partial charge in [0.2, 0.25) is 0 Å². The van der Waals surface area contributed by atoms with Gasteiger partial charge >= 0.3 is 5.97 Å². The van der Waals surface area contributed by atoms with Crippen molar-refractivity contribution in [3.63, 3.8) is 0 Å². The number of ether oxygens (including phenoxy) is 1. The van der Waals surface area contributed by atoms with Crippen LogP contribution < -0.4 is 5.32 Å². The second-order valence-electron chi connectivity index (χ2n) is 7.50. The van der Waals surface area contributed by atoms with Crippen LogP contribution in [0.4, 0.5) is 5.69 Å². The normalized spacial score (nSPS) is 11.4. The molecule has 7 heteroatoms. The monoisotopic (exact) mass is 461 g/mol. The number of para-hydroxylation sites is 1. The predicted molar refractivity (Wildman–Crippen MR) is 131 cm³/mol. The van der Waals surface area contributed by atoms with E-state index in [2.05, 4.69) is 17.1 Å². The van der Waals surface area contributed by atoms with Gasteiger partial charge in [-0.3, -0.25) is 9.69 Å². The number of benzene rings is 2. The first-order valence-electron chi connectivity index (χ1n) is 10.7. The van der Waals surface area contributed by atoms with E-state index in [1.807, 2.05) is 43.3 Å². The molecule has 3 rings (SSSR count). The highest BCUT2D eigenvalue weighted by Gasteiger charge is 2.13. The quantitative estimate of drug-likeness (QED) is 0.227. The molecular weight excluding hydrogens is 433 g/mol. The van der Waals surface area contributed by atoms with E-state index < -0.39 is 0 Å². The first kappa shape index (κ1) is 23.6. The number of esters is 1. The van der Waals surface area contributed by atoms with Crippen molar-refractivity contribution in [2.45, 2.75) is 26.7 Å². The SMILES string of the molecule is CCCN(CCCl)CCOC(=O)CCNc1c2ccccc2nc2c(C)c(Cl)ccc12. The molecule has 0 fully saturated rings. The molecule has 0 saturated heterocycles. The first-order valence-corrected chi connectivity index (χ1v) is 11.6. The van der Waals surface area contributed by atoms with Gasteiger partial charge in [-0.15, -0.1) is 11.6 Å². The molecule has 1 N–H and O–H groups in total. The number of aromatic nitrogens is 1. The molecule has 0 aliphatic carbocycles. The van der Waals surface area contributed by atoms with Crippen LogP contribution in [-0.4, -0.2) is 54.5 Å². The van der Waals surface area contributed by atoms with Crippen LogP contribution in [0.1, 0.15) is 25.3 Å². The lowest BCUT2D eigenvalue weighted by molar-refractivity contribution is -0.143. The Hall–Kier alpha value is -2.08. The maximum absolute atomic E-state index is 12.2. The number of pyridine rings is 1. The summed E-state index contributed by atoms with van der Waals surface area (Å²) in [4.78, 5) is 19.2. The van der Waals surface area contributed by atoms with Crippen LogP contribution in [0, 0.1) is 6.92 Å². The molecule has 5 nitrogen and oxygen atoms in total. The molecule has 0 spiro atoms. The van der Waals surface area contributed by atoms with Gasteiger partial charge < -0.3 is 10.1 Å². The highest BCUT2D eigenvalue weighted by molar-refractivity contribution is 6.32. The van der Waals surface area contributed by atoms with Crippen molar-refractivity contribution in [1.82, 2.24) is 9.88 Å². The van der Waals surface area contributed by atoms with Gasteiger partial charge in [0.25, 0.3) is 0 Å². The topological polar surface area (TPSA) is 54.5 Å². The number of halogens is 2. The van der Waals surface area contributed by atoms with Crippen molar-refractivity contribution in [2.75, 3.05) is 44.0 Å². The summed E-state index contributed by atoms with van der Waals surface area (Å²) in [5.41, 5.74) is 3.66. The van der Waals surface area contributed by atoms with E-state index in [0.29, 0.717) is 30.6 Å². The molecule has 0 saturated carbocycles. The van der Waals surface area contributed by atoms with Gasteiger partial charge in [0.05, 0.1) is 23.1 Å². The maximum Gasteiger partial charge on any atom is 0.307 e. The number of hydrogen-bond donors (Lipinski definition) is 1. The smallest absolute Gasteiger partial charge is 0.307 e. The number of aryl methyl sites for hydroxylation is 1. The number of anilines is 1. The van der Waals surface area contributed by atoms with Gasteiger partial charge in [0.15, 0.2) is 0 Å². The molecule has 0 radical (unpaired) electrons. The largest absolute Gasteiger partial charge is 0.464 e. The second-order valence-corrected chi connectivity index (χ2v) is 8.29. The van der Waals surface area contributed by atoms with Crippen molar-refractivity contribution >= 4 is 56.7 Å². The number of carbonyl (C=O) groups excluding carboxylic acids is 1. The van der Waals surface area contributed by atoms with Gasteiger partial charge in [-0.1, -0.05) is 36.7 Å². The summed E-state index contributed by atoms with van der Waals surface area (Å²) in [7, 11) is 0. The number of alkyl halides is 1. The Morgan fingerprint density at radius 3 is 2.71 bits per heavy atom. The summed E-state index contributed by atoms with van der Waals surface area (Å²) in [5, 5.41) is 6.13. The molecule has 1 heterocycles. The van der Waals surface area contributed by atoms with Gasteiger partial charge in [0.1, 0.15) is 6.61 Å². The number of hydrogen-bond acceptors (Lipinski definition) is 5. The van der Waals surface area contributed by atoms with Crippen molar-refractivity contribution in [3.05, 3.63) is 47.0 Å². The molecular formula is C24H29Cl2N3O2. The van der Waals surface area contributed by atoms with E-state index in [1.165, 1.54) is 0 Å². The maximum atomic E-state index is 12.2. The summed E-state index contributed by atoms with van der Waals surface area (Å²) in [6, 6.07) is 11.8. The molecule has 2 aromatic carbocycles. The van der Waals surface area contributed by atoms with E-state index in [0.717, 1.165) is 52.6 Å². The molecule has 166 valence electrons. The lowest BCUT2D eigenvalue weighted by Gasteiger charge is -2.20. The molecule has 31 heavy (non-hydrogen) atoms. The molecule has 0 amide bonds. The highest BCUT2D eigenvalue weighted by Crippen LogP contribution is 2.34. The van der Waals surface area contributed by atoms with E-state index in [4.69, 9.17) is 32.9 Å². The number of nitrogens with zero attached hydrogens (tertiary/aromatic N) is 2. The van der Waals surface area contributed by atoms with Crippen LogP contribution in [0.2, 0.25) is 5.02 Å². The summed E-state index contributed by atoms with van der Waals surface area (Å²) in [5.74, 6) is 0.368. The van der Waals surface area contributed by atoms with E-state index in [9.17, 15) is 4.79 Å². The summed E-state index contributed by atoms with van der Waals surface area (Å²) < 4.78 is 5.42. The Kier molecular flexibility index (Phi) is 8.76. The zero-order valence-electron chi connectivity index (χ0n) is 18.1. The molecule has 1 aromatic heterocycles. The van der Waals surface area contributed by atoms with E-state index in [-0.39, 0.29) is 12.4 Å². The van der Waals surface area contributed by atoms with Crippen molar-refractivity contribution in [3.8, 4) is 0 Å². The minimum absolute atomic E-state index is 0.211. The van der Waals surface area contributed by atoms with Gasteiger partial charge in [-0.2, -0.15) is 0 Å². The lowest BCUT2D eigenvalue weighted by atomic mass is 10.0. The van der Waals surface area contributed by atoms with Crippen molar-refractivity contribution < 1.29 is 9.53 Å². The third-order valence-electron chi connectivity index (χ3n) is 5.28. The number of rotatable bonds is 11. The molecule has 0 aliphatic rings. The standard InChI is InChI=1S/C24H29Cl2N3O2/c1-3-13-29(14-11-25)15-16-31-22(30)10-12-27-24-18-6-4-5-7-21(18)28-23-17(2)20(26)9-8-19(23)24/h4-9H,3,10-16H2,1-2H3,(H,27,28). The van der Waals surface area contributed by atoms with Gasteiger partial charge in [-0.25, -0.2) is 4.98 Å². The van der Waals surface area contributed by atoms with Gasteiger partial charge in [-0.05, 0) is 43.7 Å². The summed E-state index contributed by atoms with van der Waals surface area (Å²) in [6.07, 6.45) is 1.33. The van der Waals surface area contributed by atoms with Crippen LogP contribution in [-0.2, 0) is 9.53 Å². The molecule has 3 aromatic rings. The van der Waals surface area contributed by atoms with Crippen LogP contribution >= 0.6 is 23.2 Å². The Morgan fingerprint density at radius 2 is 1.94 bits per heavy atom. The Labute approximate surface area is 193 Å². The average Bonchev–Trinajstić information content (AvgIpc) is 2.76. The van der Waals surface area contributed by atoms with Crippen molar-refractivity contribution in [2.24, 2.45) is 0 Å². The molecule has 0 bridgehead atoms. The van der Waals surface area contributed by atoms with Crippen molar-refractivity contribution in [1.29, 1.82) is 0 Å². The Bertz CT molecular complexity index is 1040. The molecule has 0 atom stereocenters. The van der Waals surface area contributed by atoms with Crippen LogP contribution in [0.15, 0.2) is 36.4 Å². The summed E-state index contributed by atoms with van der Waals surface area (Å²) >= 11 is 12.1. The fourth-order valence-corrected chi connectivity index (χ4v) is 4.07. The second kappa shape index (κ2) is 11.5. The number of carbonyl (C=O) groups is 1. The Balaban J connectivity index is 1.65. The Morgan fingerprint density at radius 1 is 1.13 bits per heavy atom. The third-order valence-corrected chi connectivity index (χ3v) is 5.86. The molecule has 0 aliphatic heterocycles. The van der Waals surface area contributed by atoms with Crippen LogP contribution in [0.25, 0.3) is 21.8 Å². The fourth-order valence-electron chi connectivity index (χ4n) is 3.68. The minimum Gasteiger partial charge on any atom is -0.464 e. The fraction of sp³-hybridized carbons (Fsp3) is 0.417. The molecule has 0 unspecified atom stereocenters. The minimum atomic E-state index is -0.211. The van der Waals surface area contributed by atoms with Crippen LogP contribution in [0.3, 0.4) is 0 Å². The summed E-state index contributed by atoms with van der Waals surface area (Å²) in [6.45, 7) is 7.43. The average molecular weight is 462 g/mol. The highest BCUT2D eigenvalue weighted by atomic mass is 35.5. The zero-order chi connectivity index (χ0) is 22.2. The lowest BCUT2D eigenvalue weighted by Crippen LogP contribution is -2.31. The first-order chi connectivity index (χ1) is 15.0. The predicted octanol–water partition coefficient (Wildman–Crippen LogP) is 5.65. The third kappa shape index (κ3) is 6.00. The van der Waals surface area contributed by atoms with E-state index in [1.54, 1.807) is 0 Å². The van der Waals surface area contributed by atoms with Crippen LogP contribution in [0.5, 0.6) is 0 Å². The van der Waals surface area contributed by atoms with E-state index >= 15 is 0 Å². The number of fused-ring (bicyclic) bond motifs is 2. The zero-order valence-corrected chi connectivity index (χ0v) is 19.6. The van der Waals surface area contributed by atoms with Gasteiger partial charge in [0, 0.05) is 41.3 Å².